The molecule has 1 N–H and O–H groups in total. The molecule has 0 aliphatic carbocycles. The Labute approximate surface area is 113 Å². The van der Waals surface area contributed by atoms with Gasteiger partial charge in [-0.1, -0.05) is 12.1 Å². The van der Waals surface area contributed by atoms with Crippen LogP contribution in [0.1, 0.15) is 5.56 Å². The number of hydrogen-bond donors (Lipinski definition) is 1. The summed E-state index contributed by atoms with van der Waals surface area (Å²) >= 11 is 0. The van der Waals surface area contributed by atoms with Gasteiger partial charge < -0.3 is 15.4 Å². The molecule has 2 aromatic rings. The van der Waals surface area contributed by atoms with E-state index in [-0.39, 0.29) is 18.1 Å². The first-order chi connectivity index (χ1) is 9.47. The van der Waals surface area contributed by atoms with Crippen LogP contribution in [0.4, 0.5) is 15.9 Å². The molecule has 0 unspecified atom stereocenters. The van der Waals surface area contributed by atoms with Crippen LogP contribution in [0.15, 0.2) is 30.5 Å². The molecule has 0 radical (unpaired) electrons. The minimum atomic E-state index is -0.657. The largest absolute Gasteiger partial charge is 0.389 e. The van der Waals surface area contributed by atoms with Crippen molar-refractivity contribution >= 4 is 17.4 Å². The second kappa shape index (κ2) is 5.47. The minimum absolute atomic E-state index is 0.0964. The second-order valence-corrected chi connectivity index (χ2v) is 4.11. The lowest BCUT2D eigenvalue weighted by Gasteiger charge is -2.08. The van der Waals surface area contributed by atoms with Gasteiger partial charge in [-0.05, 0) is 23.5 Å². The summed E-state index contributed by atoms with van der Waals surface area (Å²) in [5.74, 6) is -1.40. The topological polar surface area (TPSA) is 90.1 Å². The number of para-hydroxylation sites is 1. The van der Waals surface area contributed by atoms with E-state index in [1.807, 2.05) is 0 Å². The molecule has 2 rings (SSSR count). The fraction of sp³-hybridized carbons (Fsp3) is 0.167. The van der Waals surface area contributed by atoms with Crippen molar-refractivity contribution in [1.29, 1.82) is 0 Å². The molecule has 8 heteroatoms. The number of nitrogens with one attached hydrogen (secondary N) is 1. The van der Waals surface area contributed by atoms with E-state index in [0.29, 0.717) is 5.56 Å². The highest BCUT2D eigenvalue weighted by Crippen LogP contribution is 2.18. The number of anilines is 1. The van der Waals surface area contributed by atoms with Crippen LogP contribution in [0, 0.1) is 22.9 Å². The third-order valence-electron chi connectivity index (χ3n) is 2.61. The van der Waals surface area contributed by atoms with Gasteiger partial charge in [-0.15, -0.1) is 0 Å². The Morgan fingerprint density at radius 1 is 1.50 bits per heavy atom. The van der Waals surface area contributed by atoms with Crippen molar-refractivity contribution in [3.63, 3.8) is 0 Å². The molecule has 0 spiro atoms. The van der Waals surface area contributed by atoms with Gasteiger partial charge in [0.25, 0.3) is 0 Å². The fourth-order valence-electron chi connectivity index (χ4n) is 1.65. The summed E-state index contributed by atoms with van der Waals surface area (Å²) in [6.07, 6.45) is 1.31. The average molecular weight is 278 g/mol. The van der Waals surface area contributed by atoms with Crippen LogP contribution >= 0.6 is 0 Å². The maximum absolute atomic E-state index is 13.5. The quantitative estimate of drug-likeness (QED) is 0.683. The molecule has 1 aromatic heterocycles. The van der Waals surface area contributed by atoms with Crippen molar-refractivity contribution in [2.24, 2.45) is 0 Å². The van der Waals surface area contributed by atoms with Crippen LogP contribution in [0.2, 0.25) is 0 Å². The number of amides is 1. The van der Waals surface area contributed by atoms with Crippen molar-refractivity contribution in [1.82, 2.24) is 9.78 Å². The number of nitrogens with zero attached hydrogens (tertiary/aromatic N) is 3. The number of nitro groups is 1. The Morgan fingerprint density at radius 2 is 2.25 bits per heavy atom. The van der Waals surface area contributed by atoms with E-state index >= 15 is 0 Å². The lowest BCUT2D eigenvalue weighted by atomic mass is 10.2. The van der Waals surface area contributed by atoms with Gasteiger partial charge in [0.1, 0.15) is 12.4 Å². The second-order valence-electron chi connectivity index (χ2n) is 4.11. The minimum Gasteiger partial charge on any atom is -0.358 e. The van der Waals surface area contributed by atoms with Crippen molar-refractivity contribution in [2.45, 2.75) is 13.5 Å². The third kappa shape index (κ3) is 2.97. The SMILES string of the molecule is Cc1cccc(F)c1NC(=O)Cn1ccc([N+](=O)[O-])n1. The number of halogens is 1. The average Bonchev–Trinajstić information content (AvgIpc) is 2.82. The molecular weight excluding hydrogens is 267 g/mol. The zero-order chi connectivity index (χ0) is 14.7. The van der Waals surface area contributed by atoms with Crippen LogP contribution in [0.25, 0.3) is 0 Å². The van der Waals surface area contributed by atoms with E-state index < -0.39 is 16.6 Å². The van der Waals surface area contributed by atoms with E-state index in [9.17, 15) is 19.3 Å². The van der Waals surface area contributed by atoms with Crippen molar-refractivity contribution in [3.8, 4) is 0 Å². The Balaban J connectivity index is 2.07. The summed E-state index contributed by atoms with van der Waals surface area (Å²) in [4.78, 5) is 21.6. The molecule has 0 saturated heterocycles. The van der Waals surface area contributed by atoms with Crippen LogP contribution in [0.3, 0.4) is 0 Å². The molecular formula is C12H11FN4O3. The van der Waals surface area contributed by atoms with Crippen LogP contribution in [-0.2, 0) is 11.3 Å². The summed E-state index contributed by atoms with van der Waals surface area (Å²) in [5.41, 5.74) is 0.684. The molecule has 7 nitrogen and oxygen atoms in total. The van der Waals surface area contributed by atoms with E-state index in [0.717, 1.165) is 4.68 Å². The van der Waals surface area contributed by atoms with Gasteiger partial charge in [-0.3, -0.25) is 4.79 Å². The number of carbonyl (C=O) groups excluding carboxylic acids is 1. The zero-order valence-electron chi connectivity index (χ0n) is 10.5. The Bertz CT molecular complexity index is 648. The molecule has 1 aromatic carbocycles. The number of benzene rings is 1. The molecule has 20 heavy (non-hydrogen) atoms. The molecule has 104 valence electrons. The van der Waals surface area contributed by atoms with Gasteiger partial charge in [0.2, 0.25) is 5.91 Å². The summed E-state index contributed by atoms with van der Waals surface area (Å²) in [6.45, 7) is 1.43. The lowest BCUT2D eigenvalue weighted by Crippen LogP contribution is -2.20. The molecule has 1 amide bonds. The summed E-state index contributed by atoms with van der Waals surface area (Å²) in [7, 11) is 0. The molecule has 0 bridgehead atoms. The normalized spacial score (nSPS) is 10.3. The molecule has 0 atom stereocenters. The Kier molecular flexibility index (Phi) is 3.74. The molecule has 0 aliphatic rings. The van der Waals surface area contributed by atoms with Gasteiger partial charge in [0.15, 0.2) is 0 Å². The highest BCUT2D eigenvalue weighted by molar-refractivity contribution is 5.91. The van der Waals surface area contributed by atoms with Gasteiger partial charge in [0, 0.05) is 0 Å². The summed E-state index contributed by atoms with van der Waals surface area (Å²) < 4.78 is 14.6. The Hall–Kier alpha value is -2.77. The van der Waals surface area contributed by atoms with Crippen molar-refractivity contribution in [3.05, 3.63) is 52.0 Å². The van der Waals surface area contributed by atoms with E-state index in [1.54, 1.807) is 13.0 Å². The standard InChI is InChI=1S/C12H11FN4O3/c1-8-3-2-4-9(13)12(8)14-11(18)7-16-6-5-10(15-16)17(19)20/h2-6H,7H2,1H3,(H,14,18). The monoisotopic (exact) mass is 278 g/mol. The highest BCUT2D eigenvalue weighted by Gasteiger charge is 2.15. The van der Waals surface area contributed by atoms with Gasteiger partial charge >= 0.3 is 5.82 Å². The zero-order valence-corrected chi connectivity index (χ0v) is 10.5. The molecule has 0 saturated carbocycles. The maximum Gasteiger partial charge on any atom is 0.389 e. The molecule has 0 fully saturated rings. The fourth-order valence-corrected chi connectivity index (χ4v) is 1.65. The van der Waals surface area contributed by atoms with Crippen molar-refractivity contribution < 1.29 is 14.1 Å². The number of carbonyl (C=O) groups is 1. The first-order valence-electron chi connectivity index (χ1n) is 5.70. The van der Waals surface area contributed by atoms with Crippen LogP contribution < -0.4 is 5.32 Å². The summed E-state index contributed by atoms with van der Waals surface area (Å²) in [6, 6.07) is 5.62. The predicted molar refractivity (Wildman–Crippen MR) is 68.6 cm³/mol. The van der Waals surface area contributed by atoms with Gasteiger partial charge in [0.05, 0.1) is 23.0 Å². The maximum atomic E-state index is 13.5. The third-order valence-corrected chi connectivity index (χ3v) is 2.61. The number of aryl methyl sites for hydroxylation is 1. The van der Waals surface area contributed by atoms with Gasteiger partial charge in [-0.25, -0.2) is 4.39 Å². The Morgan fingerprint density at radius 3 is 2.85 bits per heavy atom. The smallest absolute Gasteiger partial charge is 0.358 e. The number of aromatic nitrogens is 2. The van der Waals surface area contributed by atoms with Crippen LogP contribution in [-0.4, -0.2) is 20.6 Å². The van der Waals surface area contributed by atoms with E-state index in [4.69, 9.17) is 0 Å². The highest BCUT2D eigenvalue weighted by atomic mass is 19.1. The first kappa shape index (κ1) is 13.7. The summed E-state index contributed by atoms with van der Waals surface area (Å²) in [5, 5.41) is 16.5. The van der Waals surface area contributed by atoms with Crippen molar-refractivity contribution in [2.75, 3.05) is 5.32 Å². The van der Waals surface area contributed by atoms with E-state index in [1.165, 1.54) is 24.4 Å². The molecule has 0 aliphatic heterocycles. The lowest BCUT2D eigenvalue weighted by molar-refractivity contribution is -0.389. The van der Waals surface area contributed by atoms with Gasteiger partial charge in [-0.2, -0.15) is 4.68 Å². The first-order valence-corrected chi connectivity index (χ1v) is 5.70. The van der Waals surface area contributed by atoms with E-state index in [2.05, 4.69) is 10.4 Å². The predicted octanol–water partition coefficient (Wildman–Crippen LogP) is 1.88. The van der Waals surface area contributed by atoms with Crippen LogP contribution in [0.5, 0.6) is 0 Å². The number of hydrogen-bond acceptors (Lipinski definition) is 4. The number of rotatable bonds is 4. The molecule has 1 heterocycles.